The van der Waals surface area contributed by atoms with Crippen LogP contribution >= 0.6 is 0 Å². The van der Waals surface area contributed by atoms with Gasteiger partial charge >= 0.3 is 0 Å². The van der Waals surface area contributed by atoms with Crippen molar-refractivity contribution in [1.82, 2.24) is 19.9 Å². The lowest BCUT2D eigenvalue weighted by molar-refractivity contribution is 0.0787. The molecule has 5 heteroatoms. The van der Waals surface area contributed by atoms with E-state index in [-0.39, 0.29) is 11.9 Å². The molecular weight excluding hydrogens is 348 g/mol. The van der Waals surface area contributed by atoms with Crippen molar-refractivity contribution in [3.05, 3.63) is 84.6 Å². The van der Waals surface area contributed by atoms with Gasteiger partial charge in [-0.15, -0.1) is 5.10 Å². The summed E-state index contributed by atoms with van der Waals surface area (Å²) in [6.07, 6.45) is 2.86. The standard InChI is InChI=1S/C23H20N4O/c28-23(20-11-10-17-6-4-5-9-19(17)14-20)26-13-12-21(15-26)27-16-22(24-25-27)18-7-2-1-3-8-18/h1-11,14,16,21H,12-13,15H2. The van der Waals surface area contributed by atoms with Gasteiger partial charge in [0.25, 0.3) is 5.91 Å². The van der Waals surface area contributed by atoms with E-state index in [0.29, 0.717) is 6.54 Å². The topological polar surface area (TPSA) is 51.0 Å². The fourth-order valence-corrected chi connectivity index (χ4v) is 3.84. The molecule has 0 bridgehead atoms. The van der Waals surface area contributed by atoms with Crippen LogP contribution in [0.4, 0.5) is 0 Å². The van der Waals surface area contributed by atoms with E-state index in [4.69, 9.17) is 0 Å². The summed E-state index contributed by atoms with van der Waals surface area (Å²) in [5, 5.41) is 10.9. The van der Waals surface area contributed by atoms with Crippen LogP contribution in [-0.4, -0.2) is 38.9 Å². The Morgan fingerprint density at radius 2 is 1.71 bits per heavy atom. The quantitative estimate of drug-likeness (QED) is 0.545. The summed E-state index contributed by atoms with van der Waals surface area (Å²) < 4.78 is 1.90. The number of rotatable bonds is 3. The molecule has 0 radical (unpaired) electrons. The fraction of sp³-hybridized carbons (Fsp3) is 0.174. The number of carbonyl (C=O) groups excluding carboxylic acids is 1. The van der Waals surface area contributed by atoms with Gasteiger partial charge < -0.3 is 4.90 Å². The normalized spacial score (nSPS) is 16.6. The van der Waals surface area contributed by atoms with E-state index in [1.807, 2.05) is 82.5 Å². The molecule has 1 aromatic heterocycles. The molecule has 1 amide bonds. The van der Waals surface area contributed by atoms with Gasteiger partial charge in [-0.1, -0.05) is 65.9 Å². The molecule has 3 aromatic carbocycles. The SMILES string of the molecule is O=C(c1ccc2ccccc2c1)N1CCC(n2cc(-c3ccccc3)nn2)C1. The highest BCUT2D eigenvalue weighted by Gasteiger charge is 2.29. The number of fused-ring (bicyclic) bond motifs is 1. The minimum atomic E-state index is 0.0802. The van der Waals surface area contributed by atoms with Gasteiger partial charge in [-0.25, -0.2) is 4.68 Å². The number of hydrogen-bond donors (Lipinski definition) is 0. The Balaban J connectivity index is 1.32. The molecule has 0 saturated carbocycles. The molecule has 138 valence electrons. The molecule has 1 aliphatic rings. The van der Waals surface area contributed by atoms with Gasteiger partial charge in [0, 0.05) is 24.2 Å². The number of likely N-dealkylation sites (tertiary alicyclic amines) is 1. The lowest BCUT2D eigenvalue weighted by Gasteiger charge is -2.17. The molecule has 1 unspecified atom stereocenters. The van der Waals surface area contributed by atoms with E-state index in [9.17, 15) is 4.79 Å². The Bertz CT molecular complexity index is 1140. The molecule has 0 spiro atoms. The number of carbonyl (C=O) groups is 1. The third-order valence-electron chi connectivity index (χ3n) is 5.40. The number of benzene rings is 3. The predicted octanol–water partition coefficient (Wildman–Crippen LogP) is 4.19. The maximum absolute atomic E-state index is 13.0. The van der Waals surface area contributed by atoms with Crippen LogP contribution in [0.15, 0.2) is 79.0 Å². The smallest absolute Gasteiger partial charge is 0.253 e. The van der Waals surface area contributed by atoms with Gasteiger partial charge in [-0.05, 0) is 29.3 Å². The zero-order valence-electron chi connectivity index (χ0n) is 15.4. The summed E-state index contributed by atoms with van der Waals surface area (Å²) in [4.78, 5) is 14.9. The van der Waals surface area contributed by atoms with Gasteiger partial charge in [0.2, 0.25) is 0 Å². The number of nitrogens with zero attached hydrogens (tertiary/aromatic N) is 4. The van der Waals surface area contributed by atoms with Crippen molar-refractivity contribution in [3.8, 4) is 11.3 Å². The molecule has 1 aliphatic heterocycles. The predicted molar refractivity (Wildman–Crippen MR) is 109 cm³/mol. The van der Waals surface area contributed by atoms with E-state index in [1.54, 1.807) is 0 Å². The highest BCUT2D eigenvalue weighted by molar-refractivity contribution is 5.98. The first kappa shape index (κ1) is 16.7. The molecule has 1 atom stereocenters. The first-order valence-corrected chi connectivity index (χ1v) is 9.53. The monoisotopic (exact) mass is 368 g/mol. The summed E-state index contributed by atoms with van der Waals surface area (Å²) in [7, 11) is 0. The van der Waals surface area contributed by atoms with Crippen LogP contribution in [0.2, 0.25) is 0 Å². The van der Waals surface area contributed by atoms with E-state index >= 15 is 0 Å². The molecule has 1 fully saturated rings. The first-order chi connectivity index (χ1) is 13.8. The Kier molecular flexibility index (Phi) is 4.13. The Labute approximate surface area is 163 Å². The van der Waals surface area contributed by atoms with Crippen molar-refractivity contribution < 1.29 is 4.79 Å². The van der Waals surface area contributed by atoms with Crippen LogP contribution in [0.25, 0.3) is 22.0 Å². The fourth-order valence-electron chi connectivity index (χ4n) is 3.84. The second-order valence-corrected chi connectivity index (χ2v) is 7.21. The van der Waals surface area contributed by atoms with Crippen molar-refractivity contribution in [2.24, 2.45) is 0 Å². The van der Waals surface area contributed by atoms with Crippen LogP contribution < -0.4 is 0 Å². The van der Waals surface area contributed by atoms with E-state index in [2.05, 4.69) is 16.4 Å². The summed E-state index contributed by atoms with van der Waals surface area (Å²) in [6, 6.07) is 24.2. The molecule has 5 nitrogen and oxygen atoms in total. The largest absolute Gasteiger partial charge is 0.336 e. The van der Waals surface area contributed by atoms with Crippen LogP contribution in [0.1, 0.15) is 22.8 Å². The maximum Gasteiger partial charge on any atom is 0.253 e. The molecule has 0 aliphatic carbocycles. The van der Waals surface area contributed by atoms with E-state index in [1.165, 1.54) is 0 Å². The minimum absolute atomic E-state index is 0.0802. The average molecular weight is 368 g/mol. The van der Waals surface area contributed by atoms with Crippen molar-refractivity contribution >= 4 is 16.7 Å². The van der Waals surface area contributed by atoms with Crippen LogP contribution in [0.3, 0.4) is 0 Å². The van der Waals surface area contributed by atoms with Gasteiger partial charge in [-0.3, -0.25) is 4.79 Å². The molecule has 0 N–H and O–H groups in total. The molecule has 2 heterocycles. The summed E-state index contributed by atoms with van der Waals surface area (Å²) in [6.45, 7) is 1.39. The molecular formula is C23H20N4O. The van der Waals surface area contributed by atoms with Crippen molar-refractivity contribution in [3.63, 3.8) is 0 Å². The highest BCUT2D eigenvalue weighted by Crippen LogP contribution is 2.25. The molecule has 1 saturated heterocycles. The zero-order chi connectivity index (χ0) is 18.9. The summed E-state index contributed by atoms with van der Waals surface area (Å²) >= 11 is 0. The maximum atomic E-state index is 13.0. The Morgan fingerprint density at radius 1 is 0.929 bits per heavy atom. The van der Waals surface area contributed by atoms with Crippen molar-refractivity contribution in [2.45, 2.75) is 12.5 Å². The zero-order valence-corrected chi connectivity index (χ0v) is 15.4. The molecule has 4 aromatic rings. The third-order valence-corrected chi connectivity index (χ3v) is 5.40. The van der Waals surface area contributed by atoms with Gasteiger partial charge in [0.1, 0.15) is 5.69 Å². The third kappa shape index (κ3) is 3.05. The molecule has 28 heavy (non-hydrogen) atoms. The van der Waals surface area contributed by atoms with Gasteiger partial charge in [0.05, 0.1) is 12.2 Å². The van der Waals surface area contributed by atoms with Crippen molar-refractivity contribution in [2.75, 3.05) is 13.1 Å². The lowest BCUT2D eigenvalue weighted by Crippen LogP contribution is -2.29. The van der Waals surface area contributed by atoms with Crippen LogP contribution in [0.5, 0.6) is 0 Å². The number of aromatic nitrogens is 3. The van der Waals surface area contributed by atoms with E-state index < -0.39 is 0 Å². The second-order valence-electron chi connectivity index (χ2n) is 7.21. The average Bonchev–Trinajstić information content (AvgIpc) is 3.43. The second kappa shape index (κ2) is 6.93. The van der Waals surface area contributed by atoms with Crippen molar-refractivity contribution in [1.29, 1.82) is 0 Å². The van der Waals surface area contributed by atoms with Gasteiger partial charge in [-0.2, -0.15) is 0 Å². The summed E-state index contributed by atoms with van der Waals surface area (Å²) in [5.74, 6) is 0.0802. The number of amides is 1. The van der Waals surface area contributed by atoms with Gasteiger partial charge in [0.15, 0.2) is 0 Å². The van der Waals surface area contributed by atoms with E-state index in [0.717, 1.165) is 40.6 Å². The first-order valence-electron chi connectivity index (χ1n) is 9.53. The number of hydrogen-bond acceptors (Lipinski definition) is 3. The highest BCUT2D eigenvalue weighted by atomic mass is 16.2. The summed E-state index contributed by atoms with van der Waals surface area (Å²) in [5.41, 5.74) is 2.65. The van der Waals surface area contributed by atoms with Crippen LogP contribution in [0, 0.1) is 0 Å². The minimum Gasteiger partial charge on any atom is -0.336 e. The lowest BCUT2D eigenvalue weighted by atomic mass is 10.1. The van der Waals surface area contributed by atoms with Crippen LogP contribution in [-0.2, 0) is 0 Å². The molecule has 5 rings (SSSR count). The Morgan fingerprint density at radius 3 is 2.57 bits per heavy atom. The Hall–Kier alpha value is -3.47.